The maximum Gasteiger partial charge on any atom is 0.246 e. The van der Waals surface area contributed by atoms with E-state index in [2.05, 4.69) is 10.6 Å². The first-order valence-electron chi connectivity index (χ1n) is 4.68. The fourth-order valence-electron chi connectivity index (χ4n) is 1.29. The lowest BCUT2D eigenvalue weighted by Gasteiger charge is -2.16. The largest absolute Gasteiger partial charge is 0.357 e. The highest BCUT2D eigenvalue weighted by molar-refractivity contribution is 5.87. The molecule has 0 fully saturated rings. The predicted octanol–water partition coefficient (Wildman–Crippen LogP) is 0.610. The van der Waals surface area contributed by atoms with E-state index in [9.17, 15) is 9.59 Å². The Kier molecular flexibility index (Phi) is 3.85. The van der Waals surface area contributed by atoms with Gasteiger partial charge in [-0.15, -0.1) is 0 Å². The zero-order valence-electron chi connectivity index (χ0n) is 8.78. The number of nitrogens with one attached hydrogen (secondary N) is 2. The molecule has 80 valence electrons. The van der Waals surface area contributed by atoms with Crippen molar-refractivity contribution in [2.45, 2.75) is 13.0 Å². The maximum atomic E-state index is 11.5. The molecule has 0 aromatic heterocycles. The van der Waals surface area contributed by atoms with Gasteiger partial charge in [-0.1, -0.05) is 30.3 Å². The molecule has 15 heavy (non-hydrogen) atoms. The number of benzene rings is 1. The van der Waals surface area contributed by atoms with Crippen LogP contribution >= 0.6 is 0 Å². The summed E-state index contributed by atoms with van der Waals surface area (Å²) in [6.07, 6.45) is 0. The molecular weight excluding hydrogens is 192 g/mol. The van der Waals surface area contributed by atoms with Crippen LogP contribution in [0.25, 0.3) is 0 Å². The van der Waals surface area contributed by atoms with Crippen LogP contribution in [-0.4, -0.2) is 18.9 Å². The third-order valence-corrected chi connectivity index (χ3v) is 1.99. The van der Waals surface area contributed by atoms with Crippen molar-refractivity contribution in [3.63, 3.8) is 0 Å². The summed E-state index contributed by atoms with van der Waals surface area (Å²) in [4.78, 5) is 22.5. The monoisotopic (exact) mass is 206 g/mol. The first-order chi connectivity index (χ1) is 7.15. The Labute approximate surface area is 88.7 Å². The molecule has 0 heterocycles. The standard InChI is InChI=1S/C11H14N2O2/c1-8(14)13-10(11(15)12-2)9-6-4-3-5-7-9/h3-7,10H,1-2H3,(H,12,15)(H,13,14). The zero-order chi connectivity index (χ0) is 11.3. The molecule has 1 aromatic carbocycles. The molecule has 0 aliphatic rings. The Bertz CT molecular complexity index is 349. The fourth-order valence-corrected chi connectivity index (χ4v) is 1.29. The molecule has 1 aromatic rings. The van der Waals surface area contributed by atoms with Crippen LogP contribution in [0.4, 0.5) is 0 Å². The van der Waals surface area contributed by atoms with Gasteiger partial charge in [-0.05, 0) is 5.56 Å². The lowest BCUT2D eigenvalue weighted by atomic mass is 10.1. The number of hydrogen-bond acceptors (Lipinski definition) is 2. The smallest absolute Gasteiger partial charge is 0.246 e. The van der Waals surface area contributed by atoms with Crippen molar-refractivity contribution in [2.24, 2.45) is 0 Å². The van der Waals surface area contributed by atoms with Gasteiger partial charge in [0.15, 0.2) is 0 Å². The molecule has 0 bridgehead atoms. The topological polar surface area (TPSA) is 58.2 Å². The summed E-state index contributed by atoms with van der Waals surface area (Å²) < 4.78 is 0. The second-order valence-electron chi connectivity index (χ2n) is 3.16. The summed E-state index contributed by atoms with van der Waals surface area (Å²) in [5, 5.41) is 5.11. The van der Waals surface area contributed by atoms with Gasteiger partial charge in [-0.25, -0.2) is 0 Å². The molecule has 0 aliphatic carbocycles. The number of carbonyl (C=O) groups excluding carboxylic acids is 2. The number of carbonyl (C=O) groups is 2. The molecule has 4 nitrogen and oxygen atoms in total. The molecule has 0 aliphatic heterocycles. The van der Waals surface area contributed by atoms with Gasteiger partial charge in [-0.2, -0.15) is 0 Å². The van der Waals surface area contributed by atoms with Crippen molar-refractivity contribution >= 4 is 11.8 Å². The predicted molar refractivity (Wildman–Crippen MR) is 57.1 cm³/mol. The van der Waals surface area contributed by atoms with Crippen molar-refractivity contribution in [1.29, 1.82) is 0 Å². The highest BCUT2D eigenvalue weighted by atomic mass is 16.2. The van der Waals surface area contributed by atoms with E-state index in [0.717, 1.165) is 5.56 Å². The van der Waals surface area contributed by atoms with Gasteiger partial charge in [0.2, 0.25) is 11.8 Å². The van der Waals surface area contributed by atoms with Crippen LogP contribution in [0.2, 0.25) is 0 Å². The molecule has 1 atom stereocenters. The van der Waals surface area contributed by atoms with E-state index >= 15 is 0 Å². The Morgan fingerprint density at radius 2 is 1.80 bits per heavy atom. The lowest BCUT2D eigenvalue weighted by molar-refractivity contribution is -0.127. The average molecular weight is 206 g/mol. The van der Waals surface area contributed by atoms with Crippen LogP contribution in [-0.2, 0) is 9.59 Å². The minimum absolute atomic E-state index is 0.226. The SMILES string of the molecule is CNC(=O)C(NC(C)=O)c1ccccc1. The first kappa shape index (κ1) is 11.2. The van der Waals surface area contributed by atoms with Gasteiger partial charge >= 0.3 is 0 Å². The number of amides is 2. The lowest BCUT2D eigenvalue weighted by Crippen LogP contribution is -2.37. The second kappa shape index (κ2) is 5.14. The Morgan fingerprint density at radius 1 is 1.20 bits per heavy atom. The molecule has 2 amide bonds. The maximum absolute atomic E-state index is 11.5. The van der Waals surface area contributed by atoms with Crippen molar-refractivity contribution in [2.75, 3.05) is 7.05 Å². The van der Waals surface area contributed by atoms with Crippen LogP contribution < -0.4 is 10.6 Å². The van der Waals surface area contributed by atoms with E-state index in [1.54, 1.807) is 19.2 Å². The quantitative estimate of drug-likeness (QED) is 0.761. The van der Waals surface area contributed by atoms with Gasteiger partial charge in [0.25, 0.3) is 0 Å². The van der Waals surface area contributed by atoms with E-state index in [1.165, 1.54) is 6.92 Å². The zero-order valence-corrected chi connectivity index (χ0v) is 8.78. The van der Waals surface area contributed by atoms with Crippen LogP contribution in [0.1, 0.15) is 18.5 Å². The van der Waals surface area contributed by atoms with Crippen molar-refractivity contribution in [3.05, 3.63) is 35.9 Å². The number of rotatable bonds is 3. The van der Waals surface area contributed by atoms with Crippen LogP contribution in [0.3, 0.4) is 0 Å². The number of hydrogen-bond donors (Lipinski definition) is 2. The summed E-state index contributed by atoms with van der Waals surface area (Å²) in [5.41, 5.74) is 0.770. The summed E-state index contributed by atoms with van der Waals surface area (Å²) >= 11 is 0. The molecule has 0 radical (unpaired) electrons. The highest BCUT2D eigenvalue weighted by Gasteiger charge is 2.19. The summed E-state index contributed by atoms with van der Waals surface area (Å²) in [7, 11) is 1.54. The molecule has 0 saturated carbocycles. The normalized spacial score (nSPS) is 11.6. The second-order valence-corrected chi connectivity index (χ2v) is 3.16. The van der Waals surface area contributed by atoms with Crippen molar-refractivity contribution in [3.8, 4) is 0 Å². The van der Waals surface area contributed by atoms with Crippen molar-refractivity contribution in [1.82, 2.24) is 10.6 Å². The third-order valence-electron chi connectivity index (χ3n) is 1.99. The van der Waals surface area contributed by atoms with Gasteiger partial charge in [-0.3, -0.25) is 9.59 Å². The molecule has 4 heteroatoms. The van der Waals surface area contributed by atoms with Gasteiger partial charge in [0.05, 0.1) is 0 Å². The third kappa shape index (κ3) is 3.09. The molecule has 0 spiro atoms. The molecule has 2 N–H and O–H groups in total. The van der Waals surface area contributed by atoms with E-state index in [-0.39, 0.29) is 11.8 Å². The van der Waals surface area contributed by atoms with Gasteiger partial charge in [0.1, 0.15) is 6.04 Å². The Morgan fingerprint density at radius 3 is 2.27 bits per heavy atom. The van der Waals surface area contributed by atoms with E-state index in [1.807, 2.05) is 18.2 Å². The van der Waals surface area contributed by atoms with Crippen molar-refractivity contribution < 1.29 is 9.59 Å². The Balaban J connectivity index is 2.91. The van der Waals surface area contributed by atoms with E-state index < -0.39 is 6.04 Å². The van der Waals surface area contributed by atoms with Crippen LogP contribution in [0.15, 0.2) is 30.3 Å². The average Bonchev–Trinajstić information content (AvgIpc) is 2.26. The van der Waals surface area contributed by atoms with Gasteiger partial charge < -0.3 is 10.6 Å². The first-order valence-corrected chi connectivity index (χ1v) is 4.68. The molecule has 0 saturated heterocycles. The van der Waals surface area contributed by atoms with Crippen LogP contribution in [0.5, 0.6) is 0 Å². The Hall–Kier alpha value is -1.84. The van der Waals surface area contributed by atoms with E-state index in [0.29, 0.717) is 0 Å². The molecular formula is C11H14N2O2. The molecule has 1 unspecified atom stereocenters. The minimum atomic E-state index is -0.617. The van der Waals surface area contributed by atoms with E-state index in [4.69, 9.17) is 0 Å². The summed E-state index contributed by atoms with van der Waals surface area (Å²) in [6.45, 7) is 1.39. The fraction of sp³-hybridized carbons (Fsp3) is 0.273. The summed E-state index contributed by atoms with van der Waals surface area (Å²) in [5.74, 6) is -0.455. The summed E-state index contributed by atoms with van der Waals surface area (Å²) in [6, 6.07) is 8.50. The molecule has 1 rings (SSSR count). The van der Waals surface area contributed by atoms with Gasteiger partial charge in [0, 0.05) is 14.0 Å². The minimum Gasteiger partial charge on any atom is -0.357 e. The highest BCUT2D eigenvalue weighted by Crippen LogP contribution is 2.12. The number of likely N-dealkylation sites (N-methyl/N-ethyl adjacent to an activating group) is 1. The van der Waals surface area contributed by atoms with Crippen LogP contribution in [0, 0.1) is 0 Å².